The second kappa shape index (κ2) is 10.1. The van der Waals surface area contributed by atoms with Crippen LogP contribution < -0.4 is 4.72 Å². The molecule has 164 valence electrons. The van der Waals surface area contributed by atoms with E-state index in [1.165, 1.54) is 30.3 Å². The highest BCUT2D eigenvalue weighted by Gasteiger charge is 2.15. The summed E-state index contributed by atoms with van der Waals surface area (Å²) in [6, 6.07) is 20.4. The van der Waals surface area contributed by atoms with E-state index in [1.54, 1.807) is 30.3 Å². The molecule has 0 heterocycles. The molecule has 0 bridgehead atoms. The molecule has 0 amide bonds. The van der Waals surface area contributed by atoms with Gasteiger partial charge in [0, 0.05) is 11.3 Å². The van der Waals surface area contributed by atoms with Crippen molar-refractivity contribution in [3.05, 3.63) is 106 Å². The number of benzene rings is 3. The Bertz CT molecular complexity index is 1260. The molecule has 3 aromatic carbocycles. The molecule has 0 saturated carbocycles. The molecule has 7 heteroatoms. The highest BCUT2D eigenvalue weighted by Crippen LogP contribution is 2.16. The van der Waals surface area contributed by atoms with Crippen LogP contribution in [0.3, 0.4) is 0 Å². The predicted octanol–water partition coefficient (Wildman–Crippen LogP) is 4.76. The van der Waals surface area contributed by atoms with Gasteiger partial charge in [-0.2, -0.15) is 0 Å². The van der Waals surface area contributed by atoms with Crippen LogP contribution in [0.5, 0.6) is 0 Å². The van der Waals surface area contributed by atoms with Crippen molar-refractivity contribution in [1.29, 1.82) is 0 Å². The predicted molar refractivity (Wildman–Crippen MR) is 125 cm³/mol. The van der Waals surface area contributed by atoms with E-state index in [0.29, 0.717) is 5.56 Å². The standard InChI is InChI=1S/C25H23NO5S/c1-18-11-12-19(2)23(15-18)24(27)17-31-25(28)21-9-6-10-22(16-21)26-32(29,30)14-13-20-7-4-3-5-8-20/h3-16,26H,17H2,1-2H3/b14-13+. The Morgan fingerprint density at radius 1 is 0.938 bits per heavy atom. The zero-order valence-corrected chi connectivity index (χ0v) is 18.6. The molecule has 0 saturated heterocycles. The van der Waals surface area contributed by atoms with E-state index in [4.69, 9.17) is 4.74 Å². The second-order valence-electron chi connectivity index (χ2n) is 7.26. The van der Waals surface area contributed by atoms with Gasteiger partial charge in [0.1, 0.15) is 0 Å². The van der Waals surface area contributed by atoms with Crippen LogP contribution in [0.4, 0.5) is 5.69 Å². The number of sulfonamides is 1. The lowest BCUT2D eigenvalue weighted by atomic mass is 10.0. The summed E-state index contributed by atoms with van der Waals surface area (Å²) in [6.45, 7) is 3.29. The molecule has 0 aliphatic heterocycles. The molecule has 3 rings (SSSR count). The monoisotopic (exact) mass is 449 g/mol. The lowest BCUT2D eigenvalue weighted by Gasteiger charge is -2.09. The van der Waals surface area contributed by atoms with Crippen molar-refractivity contribution in [2.45, 2.75) is 13.8 Å². The average Bonchev–Trinajstić information content (AvgIpc) is 2.78. The van der Waals surface area contributed by atoms with Crippen LogP contribution >= 0.6 is 0 Å². The van der Waals surface area contributed by atoms with Crippen LogP contribution in [0.25, 0.3) is 6.08 Å². The molecular formula is C25H23NO5S. The molecule has 1 N–H and O–H groups in total. The van der Waals surface area contributed by atoms with Crippen LogP contribution in [-0.4, -0.2) is 26.8 Å². The van der Waals surface area contributed by atoms with E-state index >= 15 is 0 Å². The van der Waals surface area contributed by atoms with Gasteiger partial charge in [-0.25, -0.2) is 13.2 Å². The molecule has 0 aliphatic carbocycles. The fraction of sp³-hybridized carbons (Fsp3) is 0.120. The number of ether oxygens (including phenoxy) is 1. The maximum Gasteiger partial charge on any atom is 0.338 e. The molecule has 0 aliphatic rings. The van der Waals surface area contributed by atoms with E-state index in [9.17, 15) is 18.0 Å². The fourth-order valence-corrected chi connectivity index (χ4v) is 3.83. The maximum atomic E-state index is 12.4. The average molecular weight is 450 g/mol. The number of hydrogen-bond acceptors (Lipinski definition) is 5. The fourth-order valence-electron chi connectivity index (χ4n) is 2.97. The normalized spacial score (nSPS) is 11.3. The summed E-state index contributed by atoms with van der Waals surface area (Å²) in [5, 5.41) is 1.05. The third-order valence-corrected chi connectivity index (χ3v) is 5.64. The Labute approximate surface area is 187 Å². The van der Waals surface area contributed by atoms with Crippen molar-refractivity contribution in [3.8, 4) is 0 Å². The van der Waals surface area contributed by atoms with Crippen molar-refractivity contribution >= 4 is 33.5 Å². The lowest BCUT2D eigenvalue weighted by Crippen LogP contribution is -2.16. The molecule has 0 radical (unpaired) electrons. The van der Waals surface area contributed by atoms with Gasteiger partial charge in [0.05, 0.1) is 11.0 Å². The number of carbonyl (C=O) groups is 2. The Hall–Kier alpha value is -3.71. The van der Waals surface area contributed by atoms with Gasteiger partial charge in [0.15, 0.2) is 6.61 Å². The second-order valence-corrected chi connectivity index (χ2v) is 8.83. The number of ketones is 1. The minimum Gasteiger partial charge on any atom is -0.454 e. The van der Waals surface area contributed by atoms with Crippen LogP contribution in [0, 0.1) is 13.8 Å². The Morgan fingerprint density at radius 2 is 1.69 bits per heavy atom. The Morgan fingerprint density at radius 3 is 2.44 bits per heavy atom. The van der Waals surface area contributed by atoms with Gasteiger partial charge in [-0.3, -0.25) is 9.52 Å². The zero-order valence-electron chi connectivity index (χ0n) is 17.7. The van der Waals surface area contributed by atoms with Gasteiger partial charge < -0.3 is 4.74 Å². The van der Waals surface area contributed by atoms with Gasteiger partial charge >= 0.3 is 5.97 Å². The third-order valence-electron chi connectivity index (χ3n) is 4.63. The maximum absolute atomic E-state index is 12.4. The van der Waals surface area contributed by atoms with Gasteiger partial charge in [-0.15, -0.1) is 0 Å². The summed E-state index contributed by atoms with van der Waals surface area (Å²) in [6.07, 6.45) is 1.47. The van der Waals surface area contributed by atoms with Crippen LogP contribution in [0.1, 0.15) is 37.4 Å². The van der Waals surface area contributed by atoms with Gasteiger partial charge in [0.25, 0.3) is 10.0 Å². The molecule has 6 nitrogen and oxygen atoms in total. The number of aryl methyl sites for hydroxylation is 2. The van der Waals surface area contributed by atoms with Gasteiger partial charge in [-0.1, -0.05) is 54.1 Å². The zero-order chi connectivity index (χ0) is 23.1. The van der Waals surface area contributed by atoms with E-state index in [0.717, 1.165) is 22.1 Å². The van der Waals surface area contributed by atoms with Crippen molar-refractivity contribution in [2.75, 3.05) is 11.3 Å². The molecule has 0 spiro atoms. The number of rotatable bonds is 8. The Balaban J connectivity index is 1.64. The first kappa shape index (κ1) is 23.0. The quantitative estimate of drug-likeness (QED) is 0.396. The first-order valence-corrected chi connectivity index (χ1v) is 11.4. The van der Waals surface area contributed by atoms with Gasteiger partial charge in [-0.05, 0) is 55.3 Å². The number of Topliss-reactive ketones (excluding diaryl/α,β-unsaturated/α-hetero) is 1. The number of anilines is 1. The van der Waals surface area contributed by atoms with E-state index < -0.39 is 22.6 Å². The van der Waals surface area contributed by atoms with Crippen molar-refractivity contribution in [3.63, 3.8) is 0 Å². The molecule has 32 heavy (non-hydrogen) atoms. The first-order chi connectivity index (χ1) is 15.2. The number of esters is 1. The SMILES string of the molecule is Cc1ccc(C)c(C(=O)COC(=O)c2cccc(NS(=O)(=O)/C=C/c3ccccc3)c2)c1. The van der Waals surface area contributed by atoms with Gasteiger partial charge in [0.2, 0.25) is 5.78 Å². The summed E-state index contributed by atoms with van der Waals surface area (Å²) < 4.78 is 32.2. The molecule has 0 unspecified atom stereocenters. The molecule has 0 aromatic heterocycles. The van der Waals surface area contributed by atoms with E-state index in [-0.39, 0.29) is 17.0 Å². The number of nitrogens with one attached hydrogen (secondary N) is 1. The molecular weight excluding hydrogens is 426 g/mol. The lowest BCUT2D eigenvalue weighted by molar-refractivity contribution is 0.0474. The summed E-state index contributed by atoms with van der Waals surface area (Å²) in [5.74, 6) is -1.02. The summed E-state index contributed by atoms with van der Waals surface area (Å²) >= 11 is 0. The summed E-state index contributed by atoms with van der Waals surface area (Å²) in [5.41, 5.74) is 3.32. The number of hydrogen-bond donors (Lipinski definition) is 1. The van der Waals surface area contributed by atoms with Crippen molar-refractivity contribution in [2.24, 2.45) is 0 Å². The first-order valence-electron chi connectivity index (χ1n) is 9.87. The van der Waals surface area contributed by atoms with E-state index in [2.05, 4.69) is 4.72 Å². The summed E-state index contributed by atoms with van der Waals surface area (Å²) in [4.78, 5) is 24.8. The minimum atomic E-state index is -3.78. The topological polar surface area (TPSA) is 89.5 Å². The van der Waals surface area contributed by atoms with Crippen LogP contribution in [0.2, 0.25) is 0 Å². The van der Waals surface area contributed by atoms with Crippen LogP contribution in [-0.2, 0) is 14.8 Å². The van der Waals surface area contributed by atoms with Crippen LogP contribution in [0.15, 0.2) is 78.2 Å². The molecule has 0 fully saturated rings. The molecule has 3 aromatic rings. The Kier molecular flexibility index (Phi) is 7.22. The third kappa shape index (κ3) is 6.39. The number of carbonyl (C=O) groups excluding carboxylic acids is 2. The highest BCUT2D eigenvalue weighted by atomic mass is 32.2. The molecule has 0 atom stereocenters. The van der Waals surface area contributed by atoms with Crippen molar-refractivity contribution < 1.29 is 22.7 Å². The largest absolute Gasteiger partial charge is 0.454 e. The smallest absolute Gasteiger partial charge is 0.338 e. The summed E-state index contributed by atoms with van der Waals surface area (Å²) in [7, 11) is -3.78. The van der Waals surface area contributed by atoms with E-state index in [1.807, 2.05) is 32.0 Å². The minimum absolute atomic E-state index is 0.131. The highest BCUT2D eigenvalue weighted by molar-refractivity contribution is 7.95. The van der Waals surface area contributed by atoms with Crippen molar-refractivity contribution in [1.82, 2.24) is 0 Å².